The fourth-order valence-corrected chi connectivity index (χ4v) is 4.29. The molecule has 2 aromatic heterocycles. The molecule has 32 heavy (non-hydrogen) atoms. The maximum absolute atomic E-state index is 12.6. The topological polar surface area (TPSA) is 85.2 Å². The van der Waals surface area contributed by atoms with Crippen molar-refractivity contribution < 1.29 is 14.3 Å². The number of rotatable bonds is 7. The van der Waals surface area contributed by atoms with Gasteiger partial charge in [0, 0.05) is 35.0 Å². The number of anilines is 1. The van der Waals surface area contributed by atoms with Crippen molar-refractivity contribution in [2.75, 3.05) is 12.4 Å². The fourth-order valence-electron chi connectivity index (χ4n) is 3.55. The Morgan fingerprint density at radius 3 is 2.66 bits per heavy atom. The molecule has 0 radical (unpaired) electrons. The molecule has 4 rings (SSSR count). The molecule has 7 nitrogen and oxygen atoms in total. The zero-order chi connectivity index (χ0) is 22.7. The van der Waals surface area contributed by atoms with Crippen LogP contribution in [0.2, 0.25) is 0 Å². The number of carbonyl (C=O) groups excluding carboxylic acids is 2. The summed E-state index contributed by atoms with van der Waals surface area (Å²) < 4.78 is 7.15. The highest BCUT2D eigenvalue weighted by atomic mass is 32.1. The Morgan fingerprint density at radius 1 is 1.16 bits per heavy atom. The van der Waals surface area contributed by atoms with Gasteiger partial charge >= 0.3 is 0 Å². The van der Waals surface area contributed by atoms with Gasteiger partial charge in [-0.1, -0.05) is 24.3 Å². The first-order valence-corrected chi connectivity index (χ1v) is 11.1. The average molecular weight is 449 g/mol. The first-order chi connectivity index (χ1) is 15.4. The van der Waals surface area contributed by atoms with Crippen LogP contribution in [0.3, 0.4) is 0 Å². The number of benzene rings is 2. The van der Waals surface area contributed by atoms with Crippen LogP contribution < -0.4 is 15.4 Å². The summed E-state index contributed by atoms with van der Waals surface area (Å²) >= 11 is 1.39. The van der Waals surface area contributed by atoms with E-state index in [1.54, 1.807) is 7.11 Å². The van der Waals surface area contributed by atoms with Gasteiger partial charge in [0.25, 0.3) is 0 Å². The van der Waals surface area contributed by atoms with Crippen molar-refractivity contribution in [3.8, 4) is 17.0 Å². The number of amides is 2. The van der Waals surface area contributed by atoms with Crippen molar-refractivity contribution in [1.29, 1.82) is 0 Å². The van der Waals surface area contributed by atoms with Crippen LogP contribution in [0.25, 0.3) is 22.2 Å². The van der Waals surface area contributed by atoms with E-state index in [2.05, 4.69) is 15.6 Å². The number of nitrogens with zero attached hydrogens (tertiary/aromatic N) is 2. The summed E-state index contributed by atoms with van der Waals surface area (Å²) in [5.74, 6) is 0.584. The summed E-state index contributed by atoms with van der Waals surface area (Å²) in [6.45, 7) is 3.64. The van der Waals surface area contributed by atoms with Gasteiger partial charge in [-0.05, 0) is 36.8 Å². The van der Waals surface area contributed by atoms with E-state index in [0.717, 1.165) is 33.5 Å². The smallest absolute Gasteiger partial charge is 0.246 e. The molecule has 2 heterocycles. The largest absolute Gasteiger partial charge is 0.497 e. The van der Waals surface area contributed by atoms with Gasteiger partial charge in [0.1, 0.15) is 12.3 Å². The maximum Gasteiger partial charge on any atom is 0.246 e. The number of nitrogens with one attached hydrogen (secondary N) is 2. The normalized spacial score (nSPS) is 11.8. The van der Waals surface area contributed by atoms with Crippen molar-refractivity contribution in [3.63, 3.8) is 0 Å². The molecular formula is C24H24N4O3S. The van der Waals surface area contributed by atoms with Gasteiger partial charge in [-0.25, -0.2) is 4.98 Å². The van der Waals surface area contributed by atoms with E-state index in [-0.39, 0.29) is 24.4 Å². The molecule has 0 fully saturated rings. The predicted molar refractivity (Wildman–Crippen MR) is 127 cm³/mol. The van der Waals surface area contributed by atoms with Crippen LogP contribution in [0, 0.1) is 0 Å². The van der Waals surface area contributed by atoms with Gasteiger partial charge in [0.15, 0.2) is 5.13 Å². The van der Waals surface area contributed by atoms with Crippen LogP contribution in [0.1, 0.15) is 25.5 Å². The fraction of sp³-hybridized carbons (Fsp3) is 0.208. The van der Waals surface area contributed by atoms with Crippen LogP contribution >= 0.6 is 11.3 Å². The number of methoxy groups -OCH3 is 1. The minimum absolute atomic E-state index is 0.0577. The van der Waals surface area contributed by atoms with Gasteiger partial charge in [0.2, 0.25) is 11.8 Å². The van der Waals surface area contributed by atoms with Gasteiger partial charge < -0.3 is 19.9 Å². The van der Waals surface area contributed by atoms with E-state index in [9.17, 15) is 9.59 Å². The quantitative estimate of drug-likeness (QED) is 0.432. The second kappa shape index (κ2) is 9.23. The number of hydrogen-bond acceptors (Lipinski definition) is 5. The summed E-state index contributed by atoms with van der Waals surface area (Å²) in [5, 5.41) is 9.24. The van der Waals surface area contributed by atoms with E-state index < -0.39 is 0 Å². The Kier molecular flexibility index (Phi) is 6.23. The molecule has 164 valence electrons. The van der Waals surface area contributed by atoms with Crippen LogP contribution in [-0.2, 0) is 16.1 Å². The third-order valence-electron chi connectivity index (χ3n) is 5.17. The Bertz CT molecular complexity index is 1260. The maximum atomic E-state index is 12.6. The van der Waals surface area contributed by atoms with Crippen molar-refractivity contribution >= 4 is 39.2 Å². The molecule has 8 heteroatoms. The molecular weight excluding hydrogens is 424 g/mol. The molecule has 2 N–H and O–H groups in total. The lowest BCUT2D eigenvalue weighted by atomic mass is 10.1. The highest BCUT2D eigenvalue weighted by Crippen LogP contribution is 2.27. The van der Waals surface area contributed by atoms with E-state index in [1.165, 1.54) is 18.3 Å². The summed E-state index contributed by atoms with van der Waals surface area (Å²) in [6.07, 6.45) is 1.89. The molecule has 0 bridgehead atoms. The molecule has 0 spiro atoms. The van der Waals surface area contributed by atoms with E-state index in [1.807, 2.05) is 71.6 Å². The number of thiazole rings is 1. The van der Waals surface area contributed by atoms with Gasteiger partial charge in [-0.2, -0.15) is 0 Å². The minimum atomic E-state index is -0.140. The first kappa shape index (κ1) is 21.6. The van der Waals surface area contributed by atoms with Crippen molar-refractivity contribution in [3.05, 3.63) is 65.7 Å². The zero-order valence-electron chi connectivity index (χ0n) is 18.1. The number of aromatic nitrogens is 2. The summed E-state index contributed by atoms with van der Waals surface area (Å²) in [4.78, 5) is 28.4. The summed E-state index contributed by atoms with van der Waals surface area (Å²) in [5.41, 5.74) is 3.73. The lowest BCUT2D eigenvalue weighted by Gasteiger charge is -2.13. The summed E-state index contributed by atoms with van der Waals surface area (Å²) in [7, 11) is 1.63. The second-order valence-electron chi connectivity index (χ2n) is 7.50. The second-order valence-corrected chi connectivity index (χ2v) is 8.36. The Morgan fingerprint density at radius 2 is 1.94 bits per heavy atom. The first-order valence-electron chi connectivity index (χ1n) is 10.2. The third kappa shape index (κ3) is 4.81. The van der Waals surface area contributed by atoms with Crippen LogP contribution in [-0.4, -0.2) is 28.5 Å². The van der Waals surface area contributed by atoms with E-state index in [0.29, 0.717) is 5.13 Å². The Balaban J connectivity index is 1.41. The number of hydrogen-bond donors (Lipinski definition) is 2. The number of carbonyl (C=O) groups is 2. The summed E-state index contributed by atoms with van der Waals surface area (Å²) in [6, 6.07) is 15.5. The number of fused-ring (bicyclic) bond motifs is 1. The highest BCUT2D eigenvalue weighted by molar-refractivity contribution is 7.14. The standard InChI is InChI=1S/C24H24N4O3S/c1-15(25-16(2)29)17-4-6-18(7-5-17)21-14-32-24(26-21)27-23(30)13-28-11-10-19-12-20(31-3)8-9-22(19)28/h4-12,14-15H,13H2,1-3H3,(H,25,29)(H,26,27,30)/t15-/m1/s1. The van der Waals surface area contributed by atoms with Crippen LogP contribution in [0.15, 0.2) is 60.1 Å². The van der Waals surface area contributed by atoms with Crippen molar-refractivity contribution in [2.24, 2.45) is 0 Å². The van der Waals surface area contributed by atoms with Gasteiger partial charge in [0.05, 0.1) is 18.8 Å². The lowest BCUT2D eigenvalue weighted by molar-refractivity contribution is -0.119. The molecule has 1 atom stereocenters. The highest BCUT2D eigenvalue weighted by Gasteiger charge is 2.12. The molecule has 4 aromatic rings. The molecule has 0 aliphatic carbocycles. The molecule has 0 unspecified atom stereocenters. The monoisotopic (exact) mass is 448 g/mol. The molecule has 0 aliphatic heterocycles. The predicted octanol–water partition coefficient (Wildman–Crippen LogP) is 4.61. The van der Waals surface area contributed by atoms with E-state index >= 15 is 0 Å². The van der Waals surface area contributed by atoms with Crippen LogP contribution in [0.4, 0.5) is 5.13 Å². The third-order valence-corrected chi connectivity index (χ3v) is 5.93. The molecule has 0 saturated heterocycles. The van der Waals surface area contributed by atoms with Crippen molar-refractivity contribution in [1.82, 2.24) is 14.9 Å². The Hall–Kier alpha value is -3.65. The zero-order valence-corrected chi connectivity index (χ0v) is 18.9. The van der Waals surface area contributed by atoms with E-state index in [4.69, 9.17) is 4.74 Å². The minimum Gasteiger partial charge on any atom is -0.497 e. The lowest BCUT2D eigenvalue weighted by Crippen LogP contribution is -2.23. The number of ether oxygens (including phenoxy) is 1. The molecule has 0 saturated carbocycles. The Labute approximate surface area is 190 Å². The van der Waals surface area contributed by atoms with Crippen LogP contribution in [0.5, 0.6) is 5.75 Å². The van der Waals surface area contributed by atoms with Crippen molar-refractivity contribution in [2.45, 2.75) is 26.4 Å². The molecule has 0 aliphatic rings. The van der Waals surface area contributed by atoms with Gasteiger partial charge in [-0.3, -0.25) is 9.59 Å². The van der Waals surface area contributed by atoms with Gasteiger partial charge in [-0.15, -0.1) is 11.3 Å². The SMILES string of the molecule is COc1ccc2c(ccn2CC(=O)Nc2nc(-c3ccc([C@@H](C)NC(C)=O)cc3)cs2)c1. The average Bonchev–Trinajstić information content (AvgIpc) is 3.40. The molecule has 2 amide bonds. The molecule has 2 aromatic carbocycles.